The van der Waals surface area contributed by atoms with E-state index in [9.17, 15) is 15.0 Å². The Morgan fingerprint density at radius 3 is 2.70 bits per heavy atom. The average molecular weight is 365 g/mol. The van der Waals surface area contributed by atoms with Gasteiger partial charge in [-0.2, -0.15) is 5.10 Å². The summed E-state index contributed by atoms with van der Waals surface area (Å²) in [6.45, 7) is 4.01. The number of ether oxygens (including phenoxy) is 1. The summed E-state index contributed by atoms with van der Waals surface area (Å²) in [4.78, 5) is 15.6. The summed E-state index contributed by atoms with van der Waals surface area (Å²) >= 11 is 0. The molecule has 0 fully saturated rings. The molecule has 0 saturated carbocycles. The minimum absolute atomic E-state index is 0.0394. The maximum absolute atomic E-state index is 11.3. The first-order chi connectivity index (χ1) is 12.8. The number of pyridine rings is 1. The maximum atomic E-state index is 11.3. The summed E-state index contributed by atoms with van der Waals surface area (Å²) in [6.07, 6.45) is 3.71. The lowest BCUT2D eigenvalue weighted by molar-refractivity contribution is -0.0706. The minimum atomic E-state index is -1.85. The molecule has 2 heterocycles. The summed E-state index contributed by atoms with van der Waals surface area (Å²) in [5, 5.41) is 25.2. The topological polar surface area (TPSA) is 97.5 Å². The molecule has 0 spiro atoms. The van der Waals surface area contributed by atoms with Gasteiger partial charge in [0, 0.05) is 24.0 Å². The van der Waals surface area contributed by atoms with E-state index in [1.165, 1.54) is 26.0 Å². The average Bonchev–Trinajstić information content (AvgIpc) is 3.11. The van der Waals surface area contributed by atoms with Gasteiger partial charge in [-0.15, -0.1) is 0 Å². The molecule has 8 heteroatoms. The molecule has 0 radical (unpaired) electrons. The first-order valence-corrected chi connectivity index (χ1v) is 8.53. The van der Waals surface area contributed by atoms with Gasteiger partial charge >= 0.3 is 0 Å². The summed E-state index contributed by atoms with van der Waals surface area (Å²) in [6, 6.07) is 9.93. The fourth-order valence-electron chi connectivity index (χ4n) is 2.92. The number of hydrogen-bond donors (Lipinski definition) is 2. The Balaban J connectivity index is 2.08. The lowest BCUT2D eigenvalue weighted by Gasteiger charge is -2.28. The van der Waals surface area contributed by atoms with Crippen LogP contribution in [0, 0.1) is 0 Å². The fourth-order valence-corrected chi connectivity index (χ4v) is 2.92. The van der Waals surface area contributed by atoms with Crippen LogP contribution in [0.2, 0.25) is 0 Å². The Hall–Kier alpha value is -3.13. The van der Waals surface area contributed by atoms with Gasteiger partial charge in [-0.25, -0.2) is 0 Å². The van der Waals surface area contributed by atoms with Gasteiger partial charge in [0.25, 0.3) is 0 Å². The predicted octanol–water partition coefficient (Wildman–Crippen LogP) is 1.86. The first-order valence-electron chi connectivity index (χ1n) is 8.53. The molecule has 0 aliphatic rings. The molecule has 0 aliphatic heterocycles. The van der Waals surface area contributed by atoms with Crippen LogP contribution in [0.4, 0.5) is 0 Å². The number of aromatic hydroxyl groups is 1. The second-order valence-electron chi connectivity index (χ2n) is 6.55. The molecule has 0 amide bonds. The van der Waals surface area contributed by atoms with Crippen molar-refractivity contribution in [3.05, 3.63) is 60.0 Å². The second-order valence-corrected chi connectivity index (χ2v) is 6.55. The number of rotatable bonds is 6. The number of carbonyl (C=O) groups excluding carboxylic acids is 1. The standard InChI is InChI=1S/C19H20BN3O4/c1-12(2)23-15(8-10-22-23)13-5-4-9-21-18(13)19(20,26)27-17-7-3-6-16(25)14(17)11-24/h3-12,25-26H,20H2,1-2H3. The molecule has 1 unspecified atom stereocenters. The molecule has 3 rings (SSSR count). The summed E-state index contributed by atoms with van der Waals surface area (Å²) < 4.78 is 7.52. The molecule has 27 heavy (non-hydrogen) atoms. The summed E-state index contributed by atoms with van der Waals surface area (Å²) in [5.74, 6) is -0.165. The van der Waals surface area contributed by atoms with Crippen molar-refractivity contribution in [1.29, 1.82) is 0 Å². The number of carbonyl (C=O) groups is 1. The van der Waals surface area contributed by atoms with Gasteiger partial charge in [0.15, 0.2) is 6.29 Å². The molecule has 2 aromatic heterocycles. The van der Waals surface area contributed by atoms with E-state index in [2.05, 4.69) is 10.1 Å². The van der Waals surface area contributed by atoms with E-state index in [4.69, 9.17) is 4.74 Å². The van der Waals surface area contributed by atoms with E-state index in [1.54, 1.807) is 18.5 Å². The summed E-state index contributed by atoms with van der Waals surface area (Å²) in [7, 11) is 1.44. The quantitative estimate of drug-likeness (QED) is 0.393. The van der Waals surface area contributed by atoms with Crippen LogP contribution < -0.4 is 4.74 Å². The highest BCUT2D eigenvalue weighted by atomic mass is 16.6. The fraction of sp³-hybridized carbons (Fsp3) is 0.211. The number of aliphatic hydroxyl groups is 1. The van der Waals surface area contributed by atoms with Crippen molar-refractivity contribution in [2.24, 2.45) is 0 Å². The minimum Gasteiger partial charge on any atom is -0.507 e. The van der Waals surface area contributed by atoms with Gasteiger partial charge < -0.3 is 14.9 Å². The third-order valence-electron chi connectivity index (χ3n) is 4.15. The predicted molar refractivity (Wildman–Crippen MR) is 102 cm³/mol. The molecule has 1 atom stereocenters. The van der Waals surface area contributed by atoms with Gasteiger partial charge in [0.05, 0.1) is 11.3 Å². The lowest BCUT2D eigenvalue weighted by atomic mass is 9.87. The largest absolute Gasteiger partial charge is 0.507 e. The maximum Gasteiger partial charge on any atom is 0.206 e. The zero-order valence-electron chi connectivity index (χ0n) is 15.3. The molecular formula is C19H20BN3O4. The smallest absolute Gasteiger partial charge is 0.206 e. The van der Waals surface area contributed by atoms with Crippen LogP contribution in [0.3, 0.4) is 0 Å². The molecular weight excluding hydrogens is 345 g/mol. The van der Waals surface area contributed by atoms with E-state index >= 15 is 0 Å². The Bertz CT molecular complexity index is 969. The van der Waals surface area contributed by atoms with Crippen LogP contribution in [0.5, 0.6) is 11.5 Å². The number of aldehydes is 1. The first kappa shape index (κ1) is 18.7. The van der Waals surface area contributed by atoms with Gasteiger partial charge in [-0.1, -0.05) is 6.07 Å². The van der Waals surface area contributed by atoms with E-state index in [0.29, 0.717) is 11.8 Å². The molecule has 1 aromatic carbocycles. The van der Waals surface area contributed by atoms with Crippen LogP contribution in [0.1, 0.15) is 35.9 Å². The monoisotopic (exact) mass is 365 g/mol. The van der Waals surface area contributed by atoms with Crippen molar-refractivity contribution in [2.45, 2.75) is 25.6 Å². The molecule has 0 saturated heterocycles. The van der Waals surface area contributed by atoms with Crippen molar-refractivity contribution in [3.8, 4) is 22.8 Å². The van der Waals surface area contributed by atoms with Gasteiger partial charge in [0.2, 0.25) is 13.5 Å². The highest BCUT2D eigenvalue weighted by Gasteiger charge is 2.32. The second kappa shape index (κ2) is 7.24. The molecule has 7 nitrogen and oxygen atoms in total. The van der Waals surface area contributed by atoms with Crippen LogP contribution in [0.25, 0.3) is 11.3 Å². The zero-order chi connectivity index (χ0) is 19.6. The number of benzene rings is 1. The van der Waals surface area contributed by atoms with Crippen molar-refractivity contribution in [1.82, 2.24) is 14.8 Å². The zero-order valence-corrected chi connectivity index (χ0v) is 15.3. The number of hydrogen-bond acceptors (Lipinski definition) is 6. The van der Waals surface area contributed by atoms with Crippen molar-refractivity contribution in [3.63, 3.8) is 0 Å². The highest BCUT2D eigenvalue weighted by molar-refractivity contribution is 6.14. The lowest BCUT2D eigenvalue weighted by Crippen LogP contribution is -2.35. The Labute approximate surface area is 157 Å². The number of nitrogens with zero attached hydrogens (tertiary/aromatic N) is 3. The van der Waals surface area contributed by atoms with Crippen molar-refractivity contribution >= 4 is 14.1 Å². The van der Waals surface area contributed by atoms with Gasteiger partial charge in [0.1, 0.15) is 17.2 Å². The SMILES string of the molecule is BC(O)(Oc1cccc(O)c1C=O)c1ncccc1-c1ccnn1C(C)C. The Morgan fingerprint density at radius 2 is 2.00 bits per heavy atom. The molecule has 138 valence electrons. The Kier molecular flexibility index (Phi) is 5.01. The molecule has 2 N–H and O–H groups in total. The Morgan fingerprint density at radius 1 is 1.22 bits per heavy atom. The number of aromatic nitrogens is 3. The van der Waals surface area contributed by atoms with E-state index < -0.39 is 5.69 Å². The molecule has 3 aromatic rings. The third kappa shape index (κ3) is 3.57. The van der Waals surface area contributed by atoms with Crippen LogP contribution in [0.15, 0.2) is 48.8 Å². The van der Waals surface area contributed by atoms with E-state index in [1.807, 2.05) is 30.7 Å². The van der Waals surface area contributed by atoms with Crippen molar-refractivity contribution in [2.75, 3.05) is 0 Å². The normalized spacial score (nSPS) is 13.3. The van der Waals surface area contributed by atoms with Crippen LogP contribution >= 0.6 is 0 Å². The van der Waals surface area contributed by atoms with Crippen LogP contribution in [-0.2, 0) is 5.69 Å². The van der Waals surface area contributed by atoms with E-state index in [-0.39, 0.29) is 28.8 Å². The van der Waals surface area contributed by atoms with Crippen LogP contribution in [-0.4, -0.2) is 39.1 Å². The van der Waals surface area contributed by atoms with Crippen molar-refractivity contribution < 1.29 is 19.7 Å². The van der Waals surface area contributed by atoms with Gasteiger partial charge in [-0.05, 0) is 44.2 Å². The number of phenols is 1. The molecule has 0 bridgehead atoms. The third-order valence-corrected chi connectivity index (χ3v) is 4.15. The van der Waals surface area contributed by atoms with Gasteiger partial charge in [-0.3, -0.25) is 14.5 Å². The summed E-state index contributed by atoms with van der Waals surface area (Å²) in [5.41, 5.74) is -0.186. The number of phenolic OH excluding ortho intramolecular Hbond substituents is 1. The molecule has 0 aliphatic carbocycles. The van der Waals surface area contributed by atoms with E-state index in [0.717, 1.165) is 5.69 Å². The highest BCUT2D eigenvalue weighted by Crippen LogP contribution is 2.34.